The van der Waals surface area contributed by atoms with Crippen LogP contribution in [0.25, 0.3) is 0 Å². The minimum absolute atomic E-state index is 0.0398. The van der Waals surface area contributed by atoms with Crippen LogP contribution in [0.4, 0.5) is 13.2 Å². The van der Waals surface area contributed by atoms with Gasteiger partial charge in [-0.25, -0.2) is 27.1 Å². The van der Waals surface area contributed by atoms with Gasteiger partial charge in [0.2, 0.25) is 10.0 Å². The van der Waals surface area contributed by atoms with Crippen LogP contribution in [0, 0.1) is 17.5 Å². The Hall–Kier alpha value is -3.09. The van der Waals surface area contributed by atoms with Gasteiger partial charge < -0.3 is 10.1 Å². The highest BCUT2D eigenvalue weighted by Gasteiger charge is 2.29. The molecule has 0 bridgehead atoms. The molecular formula is C18H18F3N3O5S. The average Bonchev–Trinajstić information content (AvgIpc) is 2.71. The van der Waals surface area contributed by atoms with Gasteiger partial charge in [0.15, 0.2) is 17.4 Å². The summed E-state index contributed by atoms with van der Waals surface area (Å²) in [5.41, 5.74) is 1.29. The van der Waals surface area contributed by atoms with E-state index in [1.165, 1.54) is 11.7 Å². The molecule has 0 fully saturated rings. The zero-order valence-electron chi connectivity index (χ0n) is 15.4. The Bertz CT molecular complexity index is 993. The normalized spacial score (nSPS) is 11.2. The van der Waals surface area contributed by atoms with E-state index in [9.17, 15) is 26.4 Å². The molecule has 0 saturated heterocycles. The Balaban J connectivity index is 2.35. The van der Waals surface area contributed by atoms with E-state index in [0.717, 1.165) is 24.3 Å². The first-order chi connectivity index (χ1) is 14.2. The summed E-state index contributed by atoms with van der Waals surface area (Å²) in [5, 5.41) is 11.3. The van der Waals surface area contributed by atoms with E-state index in [0.29, 0.717) is 16.4 Å². The fraction of sp³-hybridized carbons (Fsp3) is 0.167. The second-order valence-electron chi connectivity index (χ2n) is 5.80. The smallest absolute Gasteiger partial charge is 0.258 e. The van der Waals surface area contributed by atoms with E-state index >= 15 is 0 Å². The van der Waals surface area contributed by atoms with Gasteiger partial charge in [-0.3, -0.25) is 10.0 Å². The highest BCUT2D eigenvalue weighted by atomic mass is 32.2. The minimum atomic E-state index is -4.52. The van der Waals surface area contributed by atoms with E-state index in [1.54, 1.807) is 0 Å². The Labute approximate surface area is 170 Å². The van der Waals surface area contributed by atoms with Crippen LogP contribution in [0.3, 0.4) is 0 Å². The lowest BCUT2D eigenvalue weighted by molar-refractivity contribution is -0.129. The fourth-order valence-electron chi connectivity index (χ4n) is 2.32. The molecule has 0 radical (unpaired) electrons. The molecule has 2 aromatic carbocycles. The molecule has 0 spiro atoms. The number of sulfonamides is 1. The molecule has 162 valence electrons. The summed E-state index contributed by atoms with van der Waals surface area (Å²) in [6.45, 7) is 2.37. The van der Waals surface area contributed by atoms with E-state index in [1.807, 2.05) is 0 Å². The summed E-state index contributed by atoms with van der Waals surface area (Å²) in [5.74, 6) is -5.23. The first-order valence-corrected chi connectivity index (χ1v) is 9.83. The molecule has 2 aromatic rings. The Morgan fingerprint density at radius 2 is 1.77 bits per heavy atom. The molecule has 30 heavy (non-hydrogen) atoms. The highest BCUT2D eigenvalue weighted by Crippen LogP contribution is 2.31. The van der Waals surface area contributed by atoms with Crippen molar-refractivity contribution in [2.45, 2.75) is 4.90 Å². The van der Waals surface area contributed by atoms with Crippen LogP contribution < -0.4 is 15.5 Å². The zero-order valence-corrected chi connectivity index (χ0v) is 16.3. The van der Waals surface area contributed by atoms with Crippen LogP contribution in [0.15, 0.2) is 54.1 Å². The molecule has 0 atom stereocenters. The molecular weight excluding hydrogens is 427 g/mol. The van der Waals surface area contributed by atoms with Gasteiger partial charge in [0, 0.05) is 13.1 Å². The molecule has 0 saturated carbocycles. The average molecular weight is 445 g/mol. The van der Waals surface area contributed by atoms with Crippen LogP contribution in [0.2, 0.25) is 0 Å². The predicted molar refractivity (Wildman–Crippen MR) is 99.7 cm³/mol. The largest absolute Gasteiger partial charge is 0.451 e. The predicted octanol–water partition coefficient (Wildman–Crippen LogP) is 2.13. The maximum absolute atomic E-state index is 14.4. The van der Waals surface area contributed by atoms with Gasteiger partial charge in [0.1, 0.15) is 11.6 Å². The summed E-state index contributed by atoms with van der Waals surface area (Å²) in [6, 6.07) is 5.38. The van der Waals surface area contributed by atoms with E-state index in [2.05, 4.69) is 11.9 Å². The Morgan fingerprint density at radius 1 is 1.17 bits per heavy atom. The van der Waals surface area contributed by atoms with Crippen LogP contribution in [-0.2, 0) is 14.8 Å². The number of nitrogens with zero attached hydrogens (tertiary/aromatic N) is 1. The molecule has 12 heteroatoms. The fourth-order valence-corrected chi connectivity index (χ4v) is 3.75. The van der Waals surface area contributed by atoms with Gasteiger partial charge >= 0.3 is 0 Å². The molecule has 0 aromatic heterocycles. The molecule has 0 aliphatic heterocycles. The number of hydroxylamine groups is 1. The number of hydrogen-bond donors (Lipinski definition) is 3. The van der Waals surface area contributed by atoms with Crippen molar-refractivity contribution in [1.29, 1.82) is 0 Å². The number of halogens is 3. The molecule has 0 unspecified atom stereocenters. The third-order valence-electron chi connectivity index (χ3n) is 3.74. The summed E-state index contributed by atoms with van der Waals surface area (Å²) >= 11 is 0. The second-order valence-corrected chi connectivity index (χ2v) is 7.74. The number of ether oxygens (including phenoxy) is 1. The van der Waals surface area contributed by atoms with Crippen LogP contribution in [0.1, 0.15) is 0 Å². The van der Waals surface area contributed by atoms with Gasteiger partial charge in [-0.15, -0.1) is 0 Å². The number of amides is 1. The minimum Gasteiger partial charge on any atom is -0.451 e. The second kappa shape index (κ2) is 10.1. The van der Waals surface area contributed by atoms with Crippen molar-refractivity contribution in [3.05, 3.63) is 66.6 Å². The monoisotopic (exact) mass is 445 g/mol. The molecule has 8 nitrogen and oxygen atoms in total. The number of nitrogens with one attached hydrogen (secondary N) is 2. The Kier molecular flexibility index (Phi) is 7.80. The van der Waals surface area contributed by atoms with Crippen molar-refractivity contribution in [3.63, 3.8) is 0 Å². The maximum Gasteiger partial charge on any atom is 0.258 e. The lowest BCUT2D eigenvalue weighted by atomic mass is 10.3. The van der Waals surface area contributed by atoms with E-state index in [-0.39, 0.29) is 18.8 Å². The van der Waals surface area contributed by atoms with Gasteiger partial charge in [0.25, 0.3) is 5.91 Å². The first-order valence-electron chi connectivity index (χ1n) is 8.39. The molecule has 1 amide bonds. The van der Waals surface area contributed by atoms with Crippen LogP contribution in [-0.4, -0.2) is 43.5 Å². The van der Waals surface area contributed by atoms with Gasteiger partial charge in [-0.2, -0.15) is 4.31 Å². The SMILES string of the molecule is C=CNCCN(CC(=O)NO)S(=O)(=O)c1cc(F)c(Oc2ccc(F)cc2)c(F)c1. The molecule has 3 N–H and O–H groups in total. The van der Waals surface area contributed by atoms with Crippen molar-refractivity contribution in [3.8, 4) is 11.5 Å². The van der Waals surface area contributed by atoms with Gasteiger partial charge in [-0.1, -0.05) is 6.58 Å². The number of carbonyl (C=O) groups is 1. The molecule has 2 rings (SSSR count). The highest BCUT2D eigenvalue weighted by molar-refractivity contribution is 7.89. The van der Waals surface area contributed by atoms with Crippen molar-refractivity contribution < 1.29 is 36.3 Å². The topological polar surface area (TPSA) is 108 Å². The van der Waals surface area contributed by atoms with Gasteiger partial charge in [0.05, 0.1) is 11.4 Å². The van der Waals surface area contributed by atoms with Crippen LogP contribution >= 0.6 is 0 Å². The Morgan fingerprint density at radius 3 is 2.30 bits per heavy atom. The van der Waals surface area contributed by atoms with Crippen molar-refractivity contribution in [2.75, 3.05) is 19.6 Å². The quantitative estimate of drug-likeness (QED) is 0.294. The summed E-state index contributed by atoms with van der Waals surface area (Å²) < 4.78 is 73.0. The van der Waals surface area contributed by atoms with Crippen molar-refractivity contribution in [2.24, 2.45) is 0 Å². The van der Waals surface area contributed by atoms with Crippen molar-refractivity contribution in [1.82, 2.24) is 15.1 Å². The number of rotatable bonds is 10. The summed E-state index contributed by atoms with van der Waals surface area (Å²) in [7, 11) is -4.52. The first kappa shape index (κ1) is 23.2. The summed E-state index contributed by atoms with van der Waals surface area (Å²) in [6.07, 6.45) is 1.29. The molecule has 0 aliphatic rings. The number of benzene rings is 2. The molecule has 0 heterocycles. The van der Waals surface area contributed by atoms with Crippen molar-refractivity contribution >= 4 is 15.9 Å². The number of carbonyl (C=O) groups excluding carboxylic acids is 1. The lowest BCUT2D eigenvalue weighted by Crippen LogP contribution is -2.42. The van der Waals surface area contributed by atoms with E-state index < -0.39 is 50.6 Å². The zero-order chi connectivity index (χ0) is 22.3. The van der Waals surface area contributed by atoms with Gasteiger partial charge in [-0.05, 0) is 42.6 Å². The maximum atomic E-state index is 14.4. The third-order valence-corrected chi connectivity index (χ3v) is 5.56. The lowest BCUT2D eigenvalue weighted by Gasteiger charge is -2.21. The van der Waals surface area contributed by atoms with Crippen LogP contribution in [0.5, 0.6) is 11.5 Å². The number of hydrogen-bond acceptors (Lipinski definition) is 6. The molecule has 0 aliphatic carbocycles. The summed E-state index contributed by atoms with van der Waals surface area (Å²) in [4.78, 5) is 10.7. The third kappa shape index (κ3) is 5.72. The van der Waals surface area contributed by atoms with E-state index in [4.69, 9.17) is 9.94 Å². The standard InChI is InChI=1S/C18H18F3N3O5S/c1-2-22-7-8-24(11-17(25)23-26)30(27,28)14-9-15(20)18(16(21)10-14)29-13-5-3-12(19)4-6-13/h2-6,9-10,22,26H,1,7-8,11H2,(H,23,25).